The number of hydrogen-bond donors (Lipinski definition) is 0. The molecule has 0 saturated carbocycles. The van der Waals surface area contributed by atoms with E-state index in [0.29, 0.717) is 6.42 Å². The predicted molar refractivity (Wildman–Crippen MR) is 29.5 cm³/mol. The molecule has 0 fully saturated rings. The van der Waals surface area contributed by atoms with Crippen molar-refractivity contribution in [3.63, 3.8) is 0 Å². The van der Waals surface area contributed by atoms with Gasteiger partial charge in [0, 0.05) is 6.42 Å². The second kappa shape index (κ2) is 9.33. The van der Waals surface area contributed by atoms with E-state index in [0.717, 1.165) is 12.7 Å². The van der Waals surface area contributed by atoms with E-state index in [1.165, 1.54) is 0 Å². The topological polar surface area (TPSA) is 17.1 Å². The van der Waals surface area contributed by atoms with Gasteiger partial charge >= 0.3 is 37.7 Å². The fourth-order valence-corrected chi connectivity index (χ4v) is 0.118. The Labute approximate surface area is 68.1 Å². The van der Waals surface area contributed by atoms with E-state index in [2.05, 4.69) is 0 Å². The van der Waals surface area contributed by atoms with Gasteiger partial charge in [0.25, 0.3) is 0 Å². The fourth-order valence-electron chi connectivity index (χ4n) is 0.118. The molecule has 0 aliphatic heterocycles. The van der Waals surface area contributed by atoms with E-state index in [9.17, 15) is 4.79 Å². The zero-order valence-corrected chi connectivity index (χ0v) is 3.40. The number of rotatable bonds is 2. The van der Waals surface area contributed by atoms with E-state index in [4.69, 9.17) is 0 Å². The number of aldehydes is 1. The summed E-state index contributed by atoms with van der Waals surface area (Å²) in [6.07, 6.45) is 2.61. The van der Waals surface area contributed by atoms with Gasteiger partial charge in [0.1, 0.15) is 6.29 Å². The Balaban J connectivity index is 0. The summed E-state index contributed by atoms with van der Waals surface area (Å²) >= 11 is 0. The van der Waals surface area contributed by atoms with E-state index >= 15 is 0 Å². The molecule has 0 aromatic carbocycles. The standard InChI is InChI=1S/C4H8O.Ca.2H/c1-2-3-4-5;;;/h4H,2-3H2,1H3;;;. The van der Waals surface area contributed by atoms with Crippen molar-refractivity contribution >= 4 is 44.0 Å². The maximum atomic E-state index is 9.40. The Morgan fingerprint density at radius 2 is 2.17 bits per heavy atom. The zero-order valence-electron chi connectivity index (χ0n) is 3.40. The predicted octanol–water partition coefficient (Wildman–Crippen LogP) is 0.0692. The van der Waals surface area contributed by atoms with Crippen LogP contribution in [0.3, 0.4) is 0 Å². The van der Waals surface area contributed by atoms with Crippen molar-refractivity contribution in [1.29, 1.82) is 0 Å². The average molecular weight is 114 g/mol. The molecule has 0 rings (SSSR count). The van der Waals surface area contributed by atoms with Crippen LogP contribution in [0, 0.1) is 0 Å². The van der Waals surface area contributed by atoms with Crippen LogP contribution in [0.5, 0.6) is 0 Å². The quantitative estimate of drug-likeness (QED) is 0.367. The van der Waals surface area contributed by atoms with Gasteiger partial charge < -0.3 is 4.79 Å². The van der Waals surface area contributed by atoms with Crippen molar-refractivity contribution in [2.75, 3.05) is 0 Å². The van der Waals surface area contributed by atoms with Crippen LogP contribution in [0.4, 0.5) is 0 Å². The van der Waals surface area contributed by atoms with Gasteiger partial charge in [-0.1, -0.05) is 6.92 Å². The molecule has 1 nitrogen and oxygen atoms in total. The molecular weight excluding hydrogens is 104 g/mol. The average Bonchev–Trinajstić information content (AvgIpc) is 1.41. The Morgan fingerprint density at radius 3 is 2.17 bits per heavy atom. The second-order valence-electron chi connectivity index (χ2n) is 0.955. The summed E-state index contributed by atoms with van der Waals surface area (Å²) in [5.74, 6) is 0. The number of carbonyl (C=O) groups excluding carboxylic acids is 1. The molecule has 6 heavy (non-hydrogen) atoms. The summed E-state index contributed by atoms with van der Waals surface area (Å²) in [4.78, 5) is 9.40. The third-order valence-electron chi connectivity index (χ3n) is 0.407. The van der Waals surface area contributed by atoms with Gasteiger partial charge in [-0.05, 0) is 6.42 Å². The third kappa shape index (κ3) is 8.87. The van der Waals surface area contributed by atoms with Crippen LogP contribution >= 0.6 is 0 Å². The van der Waals surface area contributed by atoms with Crippen LogP contribution < -0.4 is 0 Å². The SMILES string of the molecule is CCCC=O.[CaH2]. The summed E-state index contributed by atoms with van der Waals surface area (Å²) in [5.41, 5.74) is 0. The van der Waals surface area contributed by atoms with Crippen molar-refractivity contribution in [3.05, 3.63) is 0 Å². The Bertz CT molecular complexity index is 28.7. The summed E-state index contributed by atoms with van der Waals surface area (Å²) in [6, 6.07) is 0. The zero-order chi connectivity index (χ0) is 4.12. The molecule has 0 aliphatic carbocycles. The first-order valence-electron chi connectivity index (χ1n) is 1.85. The number of hydrogen-bond acceptors (Lipinski definition) is 1. The van der Waals surface area contributed by atoms with Crippen molar-refractivity contribution in [3.8, 4) is 0 Å². The fraction of sp³-hybridized carbons (Fsp3) is 0.750. The van der Waals surface area contributed by atoms with Crippen LogP contribution in [0.15, 0.2) is 0 Å². The van der Waals surface area contributed by atoms with E-state index in [-0.39, 0.29) is 37.7 Å². The monoisotopic (exact) mass is 114 g/mol. The molecule has 0 saturated heterocycles. The molecule has 0 aliphatic rings. The van der Waals surface area contributed by atoms with Crippen molar-refractivity contribution in [2.24, 2.45) is 0 Å². The van der Waals surface area contributed by atoms with Crippen LogP contribution in [0.25, 0.3) is 0 Å². The van der Waals surface area contributed by atoms with Crippen molar-refractivity contribution < 1.29 is 4.79 Å². The Kier molecular flexibility index (Phi) is 15.6. The van der Waals surface area contributed by atoms with Gasteiger partial charge in [0.15, 0.2) is 0 Å². The van der Waals surface area contributed by atoms with Crippen molar-refractivity contribution in [1.82, 2.24) is 0 Å². The minimum atomic E-state index is 0. The molecule has 0 heterocycles. The molecule has 0 amide bonds. The summed E-state index contributed by atoms with van der Waals surface area (Å²) in [7, 11) is 0. The van der Waals surface area contributed by atoms with Crippen LogP contribution in [-0.2, 0) is 4.79 Å². The van der Waals surface area contributed by atoms with Crippen LogP contribution in [0.2, 0.25) is 0 Å². The minimum absolute atomic E-state index is 0. The first kappa shape index (κ1) is 10.0. The molecule has 0 radical (unpaired) electrons. The number of unbranched alkanes of at least 4 members (excludes halogenated alkanes) is 1. The van der Waals surface area contributed by atoms with Gasteiger partial charge in [0.2, 0.25) is 0 Å². The molecule has 0 unspecified atom stereocenters. The summed E-state index contributed by atoms with van der Waals surface area (Å²) in [5, 5.41) is 0. The molecule has 2 heteroatoms. The molecule has 34 valence electrons. The molecule has 0 bridgehead atoms. The van der Waals surface area contributed by atoms with Crippen LogP contribution in [0.1, 0.15) is 19.8 Å². The molecule has 0 aromatic heterocycles. The first-order valence-corrected chi connectivity index (χ1v) is 1.85. The maximum absolute atomic E-state index is 9.40. The molecule has 0 atom stereocenters. The normalized spacial score (nSPS) is 6.17. The third-order valence-corrected chi connectivity index (χ3v) is 0.407. The van der Waals surface area contributed by atoms with Crippen molar-refractivity contribution in [2.45, 2.75) is 19.8 Å². The van der Waals surface area contributed by atoms with Crippen LogP contribution in [-0.4, -0.2) is 44.0 Å². The summed E-state index contributed by atoms with van der Waals surface area (Å²) in [6.45, 7) is 1.98. The van der Waals surface area contributed by atoms with E-state index in [1.54, 1.807) is 0 Å². The van der Waals surface area contributed by atoms with E-state index < -0.39 is 0 Å². The molecule has 0 aromatic rings. The van der Waals surface area contributed by atoms with Gasteiger partial charge in [-0.3, -0.25) is 0 Å². The summed E-state index contributed by atoms with van der Waals surface area (Å²) < 4.78 is 0. The van der Waals surface area contributed by atoms with E-state index in [1.807, 2.05) is 6.92 Å². The second-order valence-corrected chi connectivity index (χ2v) is 0.955. The molecule has 0 spiro atoms. The first-order chi connectivity index (χ1) is 2.41. The molecular formula is C4H10CaO. The van der Waals surface area contributed by atoms with Gasteiger partial charge in [0.05, 0.1) is 0 Å². The Hall–Kier alpha value is 0.930. The van der Waals surface area contributed by atoms with Gasteiger partial charge in [-0.15, -0.1) is 0 Å². The number of carbonyl (C=O) groups is 1. The van der Waals surface area contributed by atoms with Gasteiger partial charge in [-0.25, -0.2) is 0 Å². The Morgan fingerprint density at radius 1 is 1.67 bits per heavy atom. The van der Waals surface area contributed by atoms with Gasteiger partial charge in [-0.2, -0.15) is 0 Å². The molecule has 0 N–H and O–H groups in total.